The summed E-state index contributed by atoms with van der Waals surface area (Å²) in [4.78, 5) is 23.2. The van der Waals surface area contributed by atoms with E-state index in [0.29, 0.717) is 23.5 Å². The van der Waals surface area contributed by atoms with Crippen molar-refractivity contribution in [2.24, 2.45) is 5.92 Å². The number of carbonyl (C=O) groups is 1. The predicted octanol–water partition coefficient (Wildman–Crippen LogP) is 2.42. The Morgan fingerprint density at radius 1 is 1.35 bits per heavy atom. The molecule has 1 aromatic heterocycles. The number of nitrogens with zero attached hydrogens (tertiary/aromatic N) is 3. The highest BCUT2D eigenvalue weighted by molar-refractivity contribution is 7.99. The van der Waals surface area contributed by atoms with Crippen molar-refractivity contribution >= 4 is 17.7 Å². The minimum Gasteiger partial charge on any atom is -0.354 e. The first-order valence-corrected chi connectivity index (χ1v) is 9.38. The van der Waals surface area contributed by atoms with Crippen molar-refractivity contribution in [2.45, 2.75) is 51.7 Å². The van der Waals surface area contributed by atoms with Gasteiger partial charge in [-0.05, 0) is 58.7 Å². The Bertz CT molecular complexity index is 509. The molecular weight excluding hydrogens is 308 g/mol. The summed E-state index contributed by atoms with van der Waals surface area (Å²) in [6.45, 7) is 11.4. The zero-order chi connectivity index (χ0) is 16.8. The maximum Gasteiger partial charge on any atom is 0.230 e. The van der Waals surface area contributed by atoms with Crippen molar-refractivity contribution in [3.05, 3.63) is 17.5 Å². The van der Waals surface area contributed by atoms with E-state index in [1.807, 2.05) is 19.9 Å². The molecule has 0 bridgehead atoms. The van der Waals surface area contributed by atoms with Gasteiger partial charge in [-0.2, -0.15) is 0 Å². The van der Waals surface area contributed by atoms with Crippen LogP contribution in [0.15, 0.2) is 11.2 Å². The number of aromatic nitrogens is 2. The van der Waals surface area contributed by atoms with Gasteiger partial charge in [-0.1, -0.05) is 18.7 Å². The predicted molar refractivity (Wildman–Crippen MR) is 94.7 cm³/mol. The molecule has 0 spiro atoms. The van der Waals surface area contributed by atoms with Crippen molar-refractivity contribution in [3.8, 4) is 0 Å². The maximum atomic E-state index is 12.0. The van der Waals surface area contributed by atoms with Gasteiger partial charge in [-0.3, -0.25) is 9.69 Å². The molecule has 1 aliphatic rings. The zero-order valence-corrected chi connectivity index (χ0v) is 15.4. The van der Waals surface area contributed by atoms with Gasteiger partial charge in [0.2, 0.25) is 5.91 Å². The summed E-state index contributed by atoms with van der Waals surface area (Å²) in [5.74, 6) is 1.25. The number of thioether (sulfide) groups is 1. The van der Waals surface area contributed by atoms with Crippen molar-refractivity contribution < 1.29 is 4.79 Å². The van der Waals surface area contributed by atoms with Gasteiger partial charge in [-0.15, -0.1) is 0 Å². The maximum absolute atomic E-state index is 12.0. The molecule has 23 heavy (non-hydrogen) atoms. The average molecular weight is 337 g/mol. The van der Waals surface area contributed by atoms with Crippen LogP contribution in [-0.4, -0.2) is 52.2 Å². The van der Waals surface area contributed by atoms with Crippen LogP contribution >= 0.6 is 11.8 Å². The summed E-state index contributed by atoms with van der Waals surface area (Å²) in [5.41, 5.74) is 1.88. The Labute approximate surface area is 143 Å². The average Bonchev–Trinajstić information content (AvgIpc) is 2.50. The summed E-state index contributed by atoms with van der Waals surface area (Å²) in [6, 6.07) is 2.33. The number of carbonyl (C=O) groups excluding carboxylic acids is 1. The molecule has 2 rings (SSSR count). The van der Waals surface area contributed by atoms with Gasteiger partial charge in [0.15, 0.2) is 5.16 Å². The van der Waals surface area contributed by atoms with Crippen LogP contribution in [0.5, 0.6) is 0 Å². The molecule has 1 fully saturated rings. The normalized spacial score (nSPS) is 17.9. The van der Waals surface area contributed by atoms with Crippen LogP contribution in [0.2, 0.25) is 0 Å². The lowest BCUT2D eigenvalue weighted by atomic mass is 9.98. The summed E-state index contributed by atoms with van der Waals surface area (Å²) >= 11 is 1.40. The first kappa shape index (κ1) is 18.2. The highest BCUT2D eigenvalue weighted by atomic mass is 32.2. The number of hydrogen-bond acceptors (Lipinski definition) is 5. The van der Waals surface area contributed by atoms with Crippen LogP contribution in [0.25, 0.3) is 0 Å². The molecule has 1 atom stereocenters. The van der Waals surface area contributed by atoms with E-state index in [2.05, 4.69) is 34.0 Å². The zero-order valence-electron chi connectivity index (χ0n) is 14.6. The number of piperidine rings is 1. The van der Waals surface area contributed by atoms with E-state index in [1.54, 1.807) is 0 Å². The van der Waals surface area contributed by atoms with E-state index in [4.69, 9.17) is 0 Å². The van der Waals surface area contributed by atoms with E-state index in [1.165, 1.54) is 24.6 Å². The minimum absolute atomic E-state index is 0.0509. The van der Waals surface area contributed by atoms with Gasteiger partial charge in [-0.25, -0.2) is 9.97 Å². The summed E-state index contributed by atoms with van der Waals surface area (Å²) in [5, 5.41) is 3.71. The van der Waals surface area contributed by atoms with Crippen LogP contribution in [0.1, 0.15) is 38.1 Å². The molecule has 5 nitrogen and oxygen atoms in total. The standard InChI is InChI=1S/C17H28N4OS/c1-12-5-7-21(8-6-12)15(4)10-18-16(22)11-23-17-19-13(2)9-14(3)20-17/h9,12,15H,5-8,10-11H2,1-4H3,(H,18,22)/t15-/m1/s1. The fourth-order valence-electron chi connectivity index (χ4n) is 2.80. The van der Waals surface area contributed by atoms with Gasteiger partial charge in [0.25, 0.3) is 0 Å². The molecule has 2 heterocycles. The lowest BCUT2D eigenvalue weighted by molar-refractivity contribution is -0.118. The van der Waals surface area contributed by atoms with Gasteiger partial charge in [0.05, 0.1) is 5.75 Å². The lowest BCUT2D eigenvalue weighted by Crippen LogP contribution is -2.45. The van der Waals surface area contributed by atoms with Crippen LogP contribution in [0.4, 0.5) is 0 Å². The van der Waals surface area contributed by atoms with Crippen LogP contribution in [0, 0.1) is 19.8 Å². The summed E-state index contributed by atoms with van der Waals surface area (Å²) in [6.07, 6.45) is 2.52. The molecule has 6 heteroatoms. The third kappa shape index (κ3) is 6.11. The van der Waals surface area contributed by atoms with E-state index in [0.717, 1.165) is 30.4 Å². The third-order valence-electron chi connectivity index (χ3n) is 4.33. The number of rotatable bonds is 6. The highest BCUT2D eigenvalue weighted by Crippen LogP contribution is 2.18. The topological polar surface area (TPSA) is 58.1 Å². The molecule has 128 valence electrons. The second-order valence-electron chi connectivity index (χ2n) is 6.59. The number of hydrogen-bond donors (Lipinski definition) is 1. The van der Waals surface area contributed by atoms with Crippen molar-refractivity contribution in [1.29, 1.82) is 0 Å². The fraction of sp³-hybridized carbons (Fsp3) is 0.706. The second-order valence-corrected chi connectivity index (χ2v) is 7.54. The Morgan fingerprint density at radius 2 is 1.96 bits per heavy atom. The van der Waals surface area contributed by atoms with Gasteiger partial charge < -0.3 is 5.32 Å². The number of nitrogens with one attached hydrogen (secondary N) is 1. The molecule has 0 radical (unpaired) electrons. The Hall–Kier alpha value is -1.14. The minimum atomic E-state index is 0.0509. The fourth-order valence-corrected chi connectivity index (χ4v) is 3.58. The molecular formula is C17H28N4OS. The first-order valence-electron chi connectivity index (χ1n) is 8.40. The lowest BCUT2D eigenvalue weighted by Gasteiger charge is -2.35. The molecule has 1 aliphatic heterocycles. The molecule has 1 N–H and O–H groups in total. The first-order chi connectivity index (χ1) is 10.9. The number of likely N-dealkylation sites (tertiary alicyclic amines) is 1. The highest BCUT2D eigenvalue weighted by Gasteiger charge is 2.20. The van der Waals surface area contributed by atoms with E-state index in [9.17, 15) is 4.79 Å². The molecule has 1 amide bonds. The third-order valence-corrected chi connectivity index (χ3v) is 5.18. The molecule has 0 aromatic carbocycles. The van der Waals surface area contributed by atoms with Crippen LogP contribution in [0.3, 0.4) is 0 Å². The SMILES string of the molecule is Cc1cc(C)nc(SCC(=O)NC[C@@H](C)N2CCC(C)CC2)n1. The van der Waals surface area contributed by atoms with E-state index in [-0.39, 0.29) is 5.91 Å². The van der Waals surface area contributed by atoms with Crippen molar-refractivity contribution in [3.63, 3.8) is 0 Å². The smallest absolute Gasteiger partial charge is 0.230 e. The van der Waals surface area contributed by atoms with E-state index >= 15 is 0 Å². The molecule has 0 saturated carbocycles. The van der Waals surface area contributed by atoms with Gasteiger partial charge in [0.1, 0.15) is 0 Å². The Kier molecular flexibility index (Phi) is 6.84. The Morgan fingerprint density at radius 3 is 2.57 bits per heavy atom. The van der Waals surface area contributed by atoms with Crippen LogP contribution < -0.4 is 5.32 Å². The molecule has 0 unspecified atom stereocenters. The van der Waals surface area contributed by atoms with Crippen molar-refractivity contribution in [2.75, 3.05) is 25.4 Å². The second kappa shape index (κ2) is 8.64. The summed E-state index contributed by atoms with van der Waals surface area (Å²) in [7, 11) is 0. The van der Waals surface area contributed by atoms with E-state index < -0.39 is 0 Å². The van der Waals surface area contributed by atoms with Crippen LogP contribution in [-0.2, 0) is 4.79 Å². The molecule has 0 aliphatic carbocycles. The van der Waals surface area contributed by atoms with Gasteiger partial charge in [0, 0.05) is 24.0 Å². The molecule has 1 saturated heterocycles. The van der Waals surface area contributed by atoms with Gasteiger partial charge >= 0.3 is 0 Å². The number of amides is 1. The monoisotopic (exact) mass is 336 g/mol. The largest absolute Gasteiger partial charge is 0.354 e. The quantitative estimate of drug-likeness (QED) is 0.639. The van der Waals surface area contributed by atoms with Crippen molar-refractivity contribution in [1.82, 2.24) is 20.2 Å². The summed E-state index contributed by atoms with van der Waals surface area (Å²) < 4.78 is 0. The molecule has 1 aromatic rings. The Balaban J connectivity index is 1.70. The number of aryl methyl sites for hydroxylation is 2.